The third-order valence-corrected chi connectivity index (χ3v) is 3.79. The fourth-order valence-electron chi connectivity index (χ4n) is 2.33. The maximum absolute atomic E-state index is 12.6. The van der Waals surface area contributed by atoms with E-state index in [9.17, 15) is 4.79 Å². The lowest BCUT2D eigenvalue weighted by molar-refractivity contribution is 0.0643. The van der Waals surface area contributed by atoms with Gasteiger partial charge in [0.05, 0.1) is 0 Å². The number of rotatable bonds is 2. The first-order valence-corrected chi connectivity index (χ1v) is 7.19. The molecule has 1 atom stereocenters. The predicted molar refractivity (Wildman–Crippen MR) is 83.1 cm³/mol. The highest BCUT2D eigenvalue weighted by atomic mass is 79.9. The molecule has 108 valence electrons. The average molecular weight is 351 g/mol. The van der Waals surface area contributed by atoms with Crippen molar-refractivity contribution in [3.63, 3.8) is 0 Å². The number of carbonyl (C=O) groups is 1. The van der Waals surface area contributed by atoms with Gasteiger partial charge in [-0.2, -0.15) is 0 Å². The van der Waals surface area contributed by atoms with Crippen molar-refractivity contribution in [2.45, 2.75) is 32.9 Å². The van der Waals surface area contributed by atoms with Crippen LogP contribution in [0.5, 0.6) is 0 Å². The zero-order valence-corrected chi connectivity index (χ0v) is 13.9. The van der Waals surface area contributed by atoms with E-state index in [1.165, 1.54) is 0 Å². The molecule has 1 N–H and O–H groups in total. The lowest BCUT2D eigenvalue weighted by Crippen LogP contribution is -2.52. The number of hydrogen-bond donors (Lipinski definition) is 1. The summed E-state index contributed by atoms with van der Waals surface area (Å²) in [6.07, 6.45) is 1.98. The lowest BCUT2D eigenvalue weighted by atomic mass is 10.2. The molecule has 0 aromatic carbocycles. The Morgan fingerprint density at radius 2 is 2.21 bits per heavy atom. The molecule has 2 rings (SSSR count). The molecule has 1 amide bonds. The van der Waals surface area contributed by atoms with Crippen molar-refractivity contribution in [3.8, 4) is 0 Å². The summed E-state index contributed by atoms with van der Waals surface area (Å²) < 4.78 is 2.99. The van der Waals surface area contributed by atoms with Crippen molar-refractivity contribution in [1.82, 2.24) is 14.8 Å². The molecular formula is C13H21BrClN3O. The van der Waals surface area contributed by atoms with Crippen LogP contribution in [0.1, 0.15) is 37.3 Å². The maximum Gasteiger partial charge on any atom is 0.270 e. The van der Waals surface area contributed by atoms with E-state index in [1.54, 1.807) is 0 Å². The van der Waals surface area contributed by atoms with Crippen LogP contribution in [0.3, 0.4) is 0 Å². The van der Waals surface area contributed by atoms with Crippen LogP contribution in [0.25, 0.3) is 0 Å². The van der Waals surface area contributed by atoms with E-state index >= 15 is 0 Å². The van der Waals surface area contributed by atoms with Gasteiger partial charge in [0.2, 0.25) is 0 Å². The van der Waals surface area contributed by atoms with Gasteiger partial charge in [-0.3, -0.25) is 4.79 Å². The normalized spacial score (nSPS) is 19.4. The highest BCUT2D eigenvalue weighted by Gasteiger charge is 2.26. The Balaban J connectivity index is 0.00000180. The van der Waals surface area contributed by atoms with E-state index in [-0.39, 0.29) is 30.4 Å². The molecule has 1 aliphatic heterocycles. The summed E-state index contributed by atoms with van der Waals surface area (Å²) in [6.45, 7) is 8.78. The second-order valence-electron chi connectivity index (χ2n) is 5.10. The van der Waals surface area contributed by atoms with Crippen molar-refractivity contribution in [3.05, 3.63) is 22.4 Å². The quantitative estimate of drug-likeness (QED) is 0.890. The highest BCUT2D eigenvalue weighted by molar-refractivity contribution is 9.10. The molecule has 0 saturated carbocycles. The minimum Gasteiger partial charge on any atom is -0.340 e. The first-order chi connectivity index (χ1) is 8.50. The van der Waals surface area contributed by atoms with Gasteiger partial charge in [-0.15, -0.1) is 12.4 Å². The highest BCUT2D eigenvalue weighted by Crippen LogP contribution is 2.21. The number of aromatic nitrogens is 1. The molecule has 4 nitrogen and oxygen atoms in total. The molecule has 2 heterocycles. The predicted octanol–water partition coefficient (Wildman–Crippen LogP) is 2.69. The molecule has 0 aliphatic carbocycles. The smallest absolute Gasteiger partial charge is 0.270 e. The Labute approximate surface area is 129 Å². The topological polar surface area (TPSA) is 37.3 Å². The van der Waals surface area contributed by atoms with Crippen molar-refractivity contribution in [1.29, 1.82) is 0 Å². The Hall–Kier alpha value is -0.520. The second-order valence-corrected chi connectivity index (χ2v) is 6.01. The van der Waals surface area contributed by atoms with E-state index in [0.717, 1.165) is 29.8 Å². The minimum absolute atomic E-state index is 0. The molecule has 1 aromatic heterocycles. The SMILES string of the molecule is CC1CNCCN1C(=O)c1cc(Br)cn1C(C)C.Cl. The van der Waals surface area contributed by atoms with Crippen molar-refractivity contribution in [2.24, 2.45) is 0 Å². The lowest BCUT2D eigenvalue weighted by Gasteiger charge is -2.34. The zero-order chi connectivity index (χ0) is 13.3. The first-order valence-electron chi connectivity index (χ1n) is 6.39. The first kappa shape index (κ1) is 16.5. The average Bonchev–Trinajstić information content (AvgIpc) is 2.71. The van der Waals surface area contributed by atoms with Crippen LogP contribution < -0.4 is 5.32 Å². The fraction of sp³-hybridized carbons (Fsp3) is 0.615. The Morgan fingerprint density at radius 3 is 2.79 bits per heavy atom. The number of amides is 1. The van der Waals surface area contributed by atoms with Crippen molar-refractivity contribution < 1.29 is 4.79 Å². The summed E-state index contributed by atoms with van der Waals surface area (Å²) in [5.74, 6) is 0.128. The van der Waals surface area contributed by atoms with Gasteiger partial charge in [-0.1, -0.05) is 0 Å². The largest absolute Gasteiger partial charge is 0.340 e. The van der Waals surface area contributed by atoms with Crippen LogP contribution in [0, 0.1) is 0 Å². The number of hydrogen-bond acceptors (Lipinski definition) is 2. The van der Waals surface area contributed by atoms with E-state index in [0.29, 0.717) is 0 Å². The third kappa shape index (κ3) is 3.52. The molecule has 0 radical (unpaired) electrons. The molecule has 1 aliphatic rings. The van der Waals surface area contributed by atoms with Gasteiger partial charge in [-0.05, 0) is 42.8 Å². The number of halogens is 2. The summed E-state index contributed by atoms with van der Waals surface area (Å²) >= 11 is 3.45. The monoisotopic (exact) mass is 349 g/mol. The maximum atomic E-state index is 12.6. The number of carbonyl (C=O) groups excluding carboxylic acids is 1. The van der Waals surface area contributed by atoms with Gasteiger partial charge >= 0.3 is 0 Å². The van der Waals surface area contributed by atoms with Gasteiger partial charge < -0.3 is 14.8 Å². The molecular weight excluding hydrogens is 330 g/mol. The standard InChI is InChI=1S/C13H20BrN3O.ClH/c1-9(2)17-8-11(14)6-12(17)13(18)16-5-4-15-7-10(16)3;/h6,8-10,15H,4-5,7H2,1-3H3;1H. The molecule has 1 aromatic rings. The summed E-state index contributed by atoms with van der Waals surface area (Å²) in [7, 11) is 0. The van der Waals surface area contributed by atoms with Gasteiger partial charge in [0.1, 0.15) is 5.69 Å². The van der Waals surface area contributed by atoms with E-state index in [1.807, 2.05) is 21.7 Å². The number of nitrogens with zero attached hydrogens (tertiary/aromatic N) is 2. The van der Waals surface area contributed by atoms with Crippen LogP contribution in [0.4, 0.5) is 0 Å². The Kier molecular flexibility index (Phi) is 5.89. The van der Waals surface area contributed by atoms with E-state index in [2.05, 4.69) is 42.0 Å². The number of piperazine rings is 1. The molecule has 1 fully saturated rings. The summed E-state index contributed by atoms with van der Waals surface area (Å²) in [5, 5.41) is 3.30. The number of nitrogens with one attached hydrogen (secondary N) is 1. The van der Waals surface area contributed by atoms with Crippen LogP contribution in [-0.2, 0) is 0 Å². The van der Waals surface area contributed by atoms with Crippen LogP contribution in [-0.4, -0.2) is 41.1 Å². The zero-order valence-electron chi connectivity index (χ0n) is 11.5. The van der Waals surface area contributed by atoms with Crippen LogP contribution in [0.15, 0.2) is 16.7 Å². The fourth-order valence-corrected chi connectivity index (χ4v) is 2.77. The van der Waals surface area contributed by atoms with Gasteiger partial charge in [0, 0.05) is 42.4 Å². The van der Waals surface area contributed by atoms with Crippen LogP contribution >= 0.6 is 28.3 Å². The summed E-state index contributed by atoms with van der Waals surface area (Å²) in [4.78, 5) is 14.6. The van der Waals surface area contributed by atoms with Gasteiger partial charge in [-0.25, -0.2) is 0 Å². The van der Waals surface area contributed by atoms with E-state index < -0.39 is 0 Å². The molecule has 1 unspecified atom stereocenters. The molecule has 1 saturated heterocycles. The third-order valence-electron chi connectivity index (χ3n) is 3.35. The Morgan fingerprint density at radius 1 is 1.53 bits per heavy atom. The van der Waals surface area contributed by atoms with Crippen molar-refractivity contribution >= 4 is 34.2 Å². The molecule has 19 heavy (non-hydrogen) atoms. The van der Waals surface area contributed by atoms with Gasteiger partial charge in [0.25, 0.3) is 5.91 Å². The molecule has 0 spiro atoms. The summed E-state index contributed by atoms with van der Waals surface area (Å²) in [6, 6.07) is 2.45. The molecule has 6 heteroatoms. The minimum atomic E-state index is 0. The second kappa shape index (κ2) is 6.77. The van der Waals surface area contributed by atoms with Gasteiger partial charge in [0.15, 0.2) is 0 Å². The van der Waals surface area contributed by atoms with Crippen LogP contribution in [0.2, 0.25) is 0 Å². The Bertz CT molecular complexity index is 447. The van der Waals surface area contributed by atoms with Crippen molar-refractivity contribution in [2.75, 3.05) is 19.6 Å². The van der Waals surface area contributed by atoms with E-state index in [4.69, 9.17) is 0 Å². The molecule has 0 bridgehead atoms. The summed E-state index contributed by atoms with van der Waals surface area (Å²) in [5.41, 5.74) is 0.769.